The molecule has 0 bridgehead atoms. The topological polar surface area (TPSA) is 115 Å². The third-order valence-electron chi connectivity index (χ3n) is 4.75. The van der Waals surface area contributed by atoms with Crippen LogP contribution >= 0.6 is 11.3 Å². The average Bonchev–Trinajstić information content (AvgIpc) is 3.02. The molecule has 30 heavy (non-hydrogen) atoms. The van der Waals surface area contributed by atoms with Crippen molar-refractivity contribution in [3.63, 3.8) is 0 Å². The highest BCUT2D eigenvalue weighted by atomic mass is 32.1. The second kappa shape index (κ2) is 7.53. The smallest absolute Gasteiger partial charge is 0.335 e. The van der Waals surface area contributed by atoms with E-state index in [1.165, 1.54) is 16.7 Å². The van der Waals surface area contributed by atoms with Crippen LogP contribution in [0.2, 0.25) is 0 Å². The van der Waals surface area contributed by atoms with Gasteiger partial charge in [-0.3, -0.25) is 19.5 Å². The van der Waals surface area contributed by atoms with E-state index in [9.17, 15) is 24.8 Å². The number of carboxylic acids is 1. The number of aliphatic carboxylic acids is 1. The molecule has 1 N–H and O–H groups in total. The van der Waals surface area contributed by atoms with E-state index in [1.54, 1.807) is 49.4 Å². The molecule has 1 atom stereocenters. The number of rotatable bonds is 4. The van der Waals surface area contributed by atoms with E-state index >= 15 is 0 Å². The largest absolute Gasteiger partial charge is 0.478 e. The highest BCUT2D eigenvalue weighted by Gasteiger charge is 2.32. The van der Waals surface area contributed by atoms with Gasteiger partial charge in [0.2, 0.25) is 0 Å². The van der Waals surface area contributed by atoms with E-state index in [1.807, 2.05) is 6.07 Å². The maximum atomic E-state index is 13.2. The van der Waals surface area contributed by atoms with E-state index in [2.05, 4.69) is 4.99 Å². The fourth-order valence-corrected chi connectivity index (χ4v) is 4.47. The van der Waals surface area contributed by atoms with Gasteiger partial charge in [-0.05, 0) is 24.1 Å². The quantitative estimate of drug-likeness (QED) is 0.512. The van der Waals surface area contributed by atoms with Gasteiger partial charge in [0.05, 0.1) is 26.8 Å². The zero-order chi connectivity index (χ0) is 21.4. The van der Waals surface area contributed by atoms with Gasteiger partial charge in [-0.15, -0.1) is 0 Å². The van der Waals surface area contributed by atoms with Crippen LogP contribution in [0.1, 0.15) is 24.1 Å². The number of hydrogen-bond donors (Lipinski definition) is 1. The van der Waals surface area contributed by atoms with Crippen molar-refractivity contribution in [2.75, 3.05) is 0 Å². The predicted molar refractivity (Wildman–Crippen MR) is 111 cm³/mol. The van der Waals surface area contributed by atoms with E-state index in [-0.39, 0.29) is 11.3 Å². The molecule has 4 rings (SSSR count). The number of allylic oxidation sites excluding steroid dienone is 1. The number of benzene rings is 2. The molecule has 8 nitrogen and oxygen atoms in total. The van der Waals surface area contributed by atoms with Crippen LogP contribution in [0.25, 0.3) is 6.08 Å². The van der Waals surface area contributed by atoms with E-state index < -0.39 is 22.5 Å². The minimum Gasteiger partial charge on any atom is -0.478 e. The Bertz CT molecular complexity index is 1390. The minimum atomic E-state index is -1.14. The molecule has 2 aromatic carbocycles. The SMILES string of the molecule is CC1=C(C(=O)O)C(c2ccccc2)n2c(s/c(=C\c3cccc([N+](=O)[O-])c3)c2=O)=N1. The summed E-state index contributed by atoms with van der Waals surface area (Å²) in [6.07, 6.45) is 1.55. The summed E-state index contributed by atoms with van der Waals surface area (Å²) in [4.78, 5) is 40.4. The first kappa shape index (κ1) is 19.5. The number of nitro benzene ring substituents is 1. The predicted octanol–water partition coefficient (Wildman–Crippen LogP) is 2.23. The molecule has 0 saturated heterocycles. The summed E-state index contributed by atoms with van der Waals surface area (Å²) in [5, 5.41) is 20.8. The molecule has 1 aliphatic heterocycles. The van der Waals surface area contributed by atoms with Crippen molar-refractivity contribution >= 4 is 29.1 Å². The number of thiazole rings is 1. The van der Waals surface area contributed by atoms with Crippen LogP contribution in [-0.4, -0.2) is 20.6 Å². The number of non-ortho nitro benzene ring substituents is 1. The second-order valence-electron chi connectivity index (χ2n) is 6.65. The maximum absolute atomic E-state index is 13.2. The zero-order valence-electron chi connectivity index (χ0n) is 15.7. The second-order valence-corrected chi connectivity index (χ2v) is 7.66. The van der Waals surface area contributed by atoms with Crippen LogP contribution in [0.5, 0.6) is 0 Å². The van der Waals surface area contributed by atoms with Gasteiger partial charge in [-0.25, -0.2) is 9.79 Å². The summed E-state index contributed by atoms with van der Waals surface area (Å²) < 4.78 is 1.69. The highest BCUT2D eigenvalue weighted by molar-refractivity contribution is 7.07. The van der Waals surface area contributed by atoms with Crippen molar-refractivity contribution in [2.24, 2.45) is 4.99 Å². The molecule has 1 aromatic heterocycles. The number of nitro groups is 1. The molecule has 0 saturated carbocycles. The number of nitrogens with zero attached hydrogens (tertiary/aromatic N) is 3. The summed E-state index contributed by atoms with van der Waals surface area (Å²) in [6.45, 7) is 1.61. The van der Waals surface area contributed by atoms with Gasteiger partial charge in [-0.2, -0.15) is 0 Å². The minimum absolute atomic E-state index is 0.0375. The Morgan fingerprint density at radius 2 is 1.97 bits per heavy atom. The van der Waals surface area contributed by atoms with Crippen molar-refractivity contribution in [3.8, 4) is 0 Å². The monoisotopic (exact) mass is 421 g/mol. The molecule has 1 aliphatic rings. The summed E-state index contributed by atoms with van der Waals surface area (Å²) in [6, 6.07) is 14.0. The van der Waals surface area contributed by atoms with Gasteiger partial charge in [-0.1, -0.05) is 53.8 Å². The van der Waals surface area contributed by atoms with E-state index in [4.69, 9.17) is 0 Å². The molecule has 2 heterocycles. The van der Waals surface area contributed by atoms with Gasteiger partial charge in [0, 0.05) is 12.1 Å². The van der Waals surface area contributed by atoms with Crippen molar-refractivity contribution in [2.45, 2.75) is 13.0 Å². The van der Waals surface area contributed by atoms with Gasteiger partial charge >= 0.3 is 5.97 Å². The van der Waals surface area contributed by atoms with Gasteiger partial charge < -0.3 is 5.11 Å². The van der Waals surface area contributed by atoms with Gasteiger partial charge in [0.25, 0.3) is 11.2 Å². The number of aromatic nitrogens is 1. The van der Waals surface area contributed by atoms with Crippen molar-refractivity contribution < 1.29 is 14.8 Å². The molecule has 9 heteroatoms. The Balaban J connectivity index is 1.96. The zero-order valence-corrected chi connectivity index (χ0v) is 16.5. The molecule has 0 fully saturated rings. The van der Waals surface area contributed by atoms with Gasteiger partial charge in [0.15, 0.2) is 4.80 Å². The molecule has 1 unspecified atom stereocenters. The van der Waals surface area contributed by atoms with Crippen LogP contribution in [0.3, 0.4) is 0 Å². The third kappa shape index (κ3) is 3.35. The standard InChI is InChI=1S/C21H15N3O5S/c1-12-17(20(26)27)18(14-7-3-2-4-8-14)23-19(25)16(30-21(23)22-12)11-13-6-5-9-15(10-13)24(28)29/h2-11,18H,1H3,(H,26,27)/b16-11-. The Morgan fingerprint density at radius 3 is 2.63 bits per heavy atom. The molecule has 3 aromatic rings. The summed E-state index contributed by atoms with van der Waals surface area (Å²) in [5.41, 5.74) is 1.05. The molecule has 150 valence electrons. The lowest BCUT2D eigenvalue weighted by atomic mass is 9.96. The number of carbonyl (C=O) groups is 1. The molecular weight excluding hydrogens is 406 g/mol. The summed E-state index contributed by atoms with van der Waals surface area (Å²) in [5.74, 6) is -1.14. The van der Waals surface area contributed by atoms with E-state index in [0.29, 0.717) is 26.2 Å². The van der Waals surface area contributed by atoms with Crippen LogP contribution in [0, 0.1) is 10.1 Å². The van der Waals surface area contributed by atoms with Crippen molar-refractivity contribution in [3.05, 3.63) is 107 Å². The fourth-order valence-electron chi connectivity index (χ4n) is 3.43. The molecule has 0 aliphatic carbocycles. The maximum Gasteiger partial charge on any atom is 0.335 e. The van der Waals surface area contributed by atoms with Crippen LogP contribution in [0.15, 0.2) is 75.7 Å². The molecule has 0 spiro atoms. The Kier molecular flexibility index (Phi) is 4.88. The normalized spacial score (nSPS) is 16.2. The van der Waals surface area contributed by atoms with Crippen molar-refractivity contribution in [1.29, 1.82) is 0 Å². The van der Waals surface area contributed by atoms with E-state index in [0.717, 1.165) is 11.3 Å². The first-order valence-corrected chi connectivity index (χ1v) is 9.73. The molecule has 0 radical (unpaired) electrons. The first-order valence-electron chi connectivity index (χ1n) is 8.92. The average molecular weight is 421 g/mol. The molecule has 0 amide bonds. The Labute approximate surface area is 173 Å². The van der Waals surface area contributed by atoms with Crippen LogP contribution in [0.4, 0.5) is 5.69 Å². The molecular formula is C21H15N3O5S. The highest BCUT2D eigenvalue weighted by Crippen LogP contribution is 2.29. The third-order valence-corrected chi connectivity index (χ3v) is 5.73. The van der Waals surface area contributed by atoms with Crippen LogP contribution < -0.4 is 14.9 Å². The summed E-state index contributed by atoms with van der Waals surface area (Å²) >= 11 is 1.12. The lowest BCUT2D eigenvalue weighted by molar-refractivity contribution is -0.384. The lowest BCUT2D eigenvalue weighted by Gasteiger charge is -2.23. The summed E-state index contributed by atoms with van der Waals surface area (Å²) in [7, 11) is 0. The Hall–Kier alpha value is -3.85. The lowest BCUT2D eigenvalue weighted by Crippen LogP contribution is -2.39. The van der Waals surface area contributed by atoms with Gasteiger partial charge in [0.1, 0.15) is 0 Å². The fraction of sp³-hybridized carbons (Fsp3) is 0.0952. The number of fused-ring (bicyclic) bond motifs is 1. The first-order chi connectivity index (χ1) is 14.4. The van der Waals surface area contributed by atoms with Crippen LogP contribution in [-0.2, 0) is 4.79 Å². The number of carboxylic acid groups (broad SMARTS) is 1. The Morgan fingerprint density at radius 1 is 1.23 bits per heavy atom. The number of hydrogen-bond acceptors (Lipinski definition) is 6. The van der Waals surface area contributed by atoms with Crippen molar-refractivity contribution in [1.82, 2.24) is 4.57 Å².